The fourth-order valence-corrected chi connectivity index (χ4v) is 1.66. The molecule has 0 bridgehead atoms. The number of phenolic OH excluding ortho intramolecular Hbond substituents is 1. The molecule has 18 heavy (non-hydrogen) atoms. The van der Waals surface area contributed by atoms with Gasteiger partial charge in [-0.1, -0.05) is 6.07 Å². The molecular weight excluding hydrogens is 230 g/mol. The molecule has 92 valence electrons. The zero-order valence-corrected chi connectivity index (χ0v) is 9.96. The Labute approximate surface area is 105 Å². The van der Waals surface area contributed by atoms with Crippen molar-refractivity contribution in [2.75, 3.05) is 7.11 Å². The Bertz CT molecular complexity index is 552. The minimum atomic E-state index is -0.150. The number of ketones is 1. The number of rotatable bonds is 4. The van der Waals surface area contributed by atoms with Gasteiger partial charge in [0, 0.05) is 24.9 Å². The Kier molecular flexibility index (Phi) is 3.57. The minimum absolute atomic E-state index is 0.0664. The summed E-state index contributed by atoms with van der Waals surface area (Å²) in [5.41, 5.74) is 1.11. The van der Waals surface area contributed by atoms with Crippen LogP contribution in [0.25, 0.3) is 0 Å². The van der Waals surface area contributed by atoms with Crippen LogP contribution in [-0.2, 0) is 6.42 Å². The van der Waals surface area contributed by atoms with E-state index in [9.17, 15) is 9.90 Å². The molecule has 0 radical (unpaired) electrons. The van der Waals surface area contributed by atoms with Crippen molar-refractivity contribution in [3.05, 3.63) is 53.9 Å². The molecule has 1 aromatic carbocycles. The lowest BCUT2D eigenvalue weighted by Gasteiger charge is -2.06. The van der Waals surface area contributed by atoms with Gasteiger partial charge in [-0.25, -0.2) is 0 Å². The summed E-state index contributed by atoms with van der Waals surface area (Å²) >= 11 is 0. The van der Waals surface area contributed by atoms with Gasteiger partial charge in [-0.15, -0.1) is 0 Å². The Balaban J connectivity index is 2.19. The fraction of sp³-hybridized carbons (Fsp3) is 0.143. The highest BCUT2D eigenvalue weighted by molar-refractivity contribution is 6.00. The highest BCUT2D eigenvalue weighted by Crippen LogP contribution is 2.24. The summed E-state index contributed by atoms with van der Waals surface area (Å²) in [6.07, 6.45) is 3.50. The third-order valence-electron chi connectivity index (χ3n) is 2.59. The van der Waals surface area contributed by atoms with Crippen molar-refractivity contribution >= 4 is 5.78 Å². The number of nitrogens with zero attached hydrogens (tertiary/aromatic N) is 1. The number of Topliss-reactive ketones (excluding diaryl/α,β-unsaturated/α-hetero) is 1. The SMILES string of the molecule is COc1ccc(C(=O)Cc2cccnc2)c(O)c1. The van der Waals surface area contributed by atoms with Crippen LogP contribution in [0.1, 0.15) is 15.9 Å². The molecule has 0 aliphatic carbocycles. The van der Waals surface area contributed by atoms with E-state index in [1.807, 2.05) is 6.07 Å². The molecule has 1 aromatic heterocycles. The van der Waals surface area contributed by atoms with E-state index >= 15 is 0 Å². The maximum Gasteiger partial charge on any atom is 0.171 e. The lowest BCUT2D eigenvalue weighted by molar-refractivity contribution is 0.0990. The first-order chi connectivity index (χ1) is 8.70. The number of hydrogen-bond donors (Lipinski definition) is 1. The number of carbonyl (C=O) groups is 1. The molecule has 2 rings (SSSR count). The Morgan fingerprint density at radius 1 is 1.39 bits per heavy atom. The van der Waals surface area contributed by atoms with Crippen LogP contribution in [0.4, 0.5) is 0 Å². The van der Waals surface area contributed by atoms with E-state index in [0.717, 1.165) is 5.56 Å². The van der Waals surface area contributed by atoms with Gasteiger partial charge in [0.1, 0.15) is 11.5 Å². The molecule has 0 amide bonds. The Morgan fingerprint density at radius 3 is 2.83 bits per heavy atom. The summed E-state index contributed by atoms with van der Waals surface area (Å²) in [7, 11) is 1.51. The van der Waals surface area contributed by atoms with Gasteiger partial charge < -0.3 is 9.84 Å². The average molecular weight is 243 g/mol. The standard InChI is InChI=1S/C14H13NO3/c1-18-11-4-5-12(14(17)8-11)13(16)7-10-3-2-6-15-9-10/h2-6,8-9,17H,7H2,1H3. The van der Waals surface area contributed by atoms with Crippen LogP contribution in [0, 0.1) is 0 Å². The summed E-state index contributed by atoms with van der Waals surface area (Å²) in [5.74, 6) is 0.303. The van der Waals surface area contributed by atoms with Gasteiger partial charge >= 0.3 is 0 Å². The number of aromatic hydroxyl groups is 1. The van der Waals surface area contributed by atoms with Crippen LogP contribution in [0.5, 0.6) is 11.5 Å². The Morgan fingerprint density at radius 2 is 2.22 bits per heavy atom. The molecular formula is C14H13NO3. The monoisotopic (exact) mass is 243 g/mol. The van der Waals surface area contributed by atoms with Crippen molar-refractivity contribution in [2.24, 2.45) is 0 Å². The molecule has 4 heteroatoms. The summed E-state index contributed by atoms with van der Waals surface area (Å²) in [5, 5.41) is 9.75. The molecule has 0 spiro atoms. The average Bonchev–Trinajstić information content (AvgIpc) is 2.39. The van der Waals surface area contributed by atoms with Crippen LogP contribution in [0.15, 0.2) is 42.7 Å². The summed E-state index contributed by atoms with van der Waals surface area (Å²) in [6, 6.07) is 8.24. The van der Waals surface area contributed by atoms with Gasteiger partial charge in [0.15, 0.2) is 5.78 Å². The topological polar surface area (TPSA) is 59.4 Å². The van der Waals surface area contributed by atoms with Crippen molar-refractivity contribution in [2.45, 2.75) is 6.42 Å². The van der Waals surface area contributed by atoms with E-state index in [2.05, 4.69) is 4.98 Å². The maximum absolute atomic E-state index is 12.0. The van der Waals surface area contributed by atoms with Gasteiger partial charge in [0.05, 0.1) is 12.7 Å². The van der Waals surface area contributed by atoms with Gasteiger partial charge in [0.25, 0.3) is 0 Å². The number of pyridine rings is 1. The first-order valence-corrected chi connectivity index (χ1v) is 5.50. The summed E-state index contributed by atoms with van der Waals surface area (Å²) < 4.78 is 4.97. The molecule has 0 unspecified atom stereocenters. The third-order valence-corrected chi connectivity index (χ3v) is 2.59. The van der Waals surface area contributed by atoms with Crippen molar-refractivity contribution < 1.29 is 14.6 Å². The second-order valence-corrected chi connectivity index (χ2v) is 3.84. The Hall–Kier alpha value is -2.36. The number of ether oxygens (including phenoxy) is 1. The lowest BCUT2D eigenvalue weighted by Crippen LogP contribution is -2.04. The van der Waals surface area contributed by atoms with Gasteiger partial charge in [-0.05, 0) is 23.8 Å². The second kappa shape index (κ2) is 5.31. The number of methoxy groups -OCH3 is 1. The highest BCUT2D eigenvalue weighted by Gasteiger charge is 2.12. The molecule has 0 fully saturated rings. The lowest BCUT2D eigenvalue weighted by atomic mass is 10.0. The molecule has 2 aromatic rings. The molecule has 1 N–H and O–H groups in total. The van der Waals surface area contributed by atoms with Crippen LogP contribution in [0.2, 0.25) is 0 Å². The highest BCUT2D eigenvalue weighted by atomic mass is 16.5. The van der Waals surface area contributed by atoms with Crippen LogP contribution in [0.3, 0.4) is 0 Å². The van der Waals surface area contributed by atoms with Crippen LogP contribution >= 0.6 is 0 Å². The molecule has 1 heterocycles. The number of carbonyl (C=O) groups excluding carboxylic acids is 1. The number of aromatic nitrogens is 1. The quantitative estimate of drug-likeness (QED) is 0.836. The van der Waals surface area contributed by atoms with E-state index in [0.29, 0.717) is 11.3 Å². The number of hydrogen-bond acceptors (Lipinski definition) is 4. The van der Waals surface area contributed by atoms with Crippen molar-refractivity contribution in [3.63, 3.8) is 0 Å². The first kappa shape index (κ1) is 12.1. The molecule has 4 nitrogen and oxygen atoms in total. The summed E-state index contributed by atoms with van der Waals surface area (Å²) in [4.78, 5) is 16.0. The predicted molar refractivity (Wildman–Crippen MR) is 66.9 cm³/mol. The molecule has 0 aliphatic rings. The van der Waals surface area contributed by atoms with Crippen molar-refractivity contribution in [1.29, 1.82) is 0 Å². The van der Waals surface area contributed by atoms with E-state index in [-0.39, 0.29) is 18.0 Å². The van der Waals surface area contributed by atoms with Crippen molar-refractivity contribution in [1.82, 2.24) is 4.98 Å². The van der Waals surface area contributed by atoms with Crippen LogP contribution in [-0.4, -0.2) is 23.0 Å². The van der Waals surface area contributed by atoms with E-state index in [4.69, 9.17) is 4.74 Å². The molecule has 0 saturated heterocycles. The van der Waals surface area contributed by atoms with E-state index < -0.39 is 0 Å². The number of benzene rings is 1. The smallest absolute Gasteiger partial charge is 0.171 e. The zero-order valence-electron chi connectivity index (χ0n) is 9.96. The fourth-order valence-electron chi connectivity index (χ4n) is 1.66. The summed E-state index contributed by atoms with van der Waals surface area (Å²) in [6.45, 7) is 0. The van der Waals surface area contributed by atoms with Gasteiger partial charge in [-0.2, -0.15) is 0 Å². The molecule has 0 saturated carbocycles. The normalized spacial score (nSPS) is 10.1. The molecule has 0 atom stereocenters. The second-order valence-electron chi connectivity index (χ2n) is 3.84. The third kappa shape index (κ3) is 2.66. The minimum Gasteiger partial charge on any atom is -0.507 e. The van der Waals surface area contributed by atoms with E-state index in [1.54, 1.807) is 30.6 Å². The van der Waals surface area contributed by atoms with Gasteiger partial charge in [-0.3, -0.25) is 9.78 Å². The largest absolute Gasteiger partial charge is 0.507 e. The predicted octanol–water partition coefficient (Wildman–Crippen LogP) is 2.22. The number of phenols is 1. The van der Waals surface area contributed by atoms with Crippen molar-refractivity contribution in [3.8, 4) is 11.5 Å². The van der Waals surface area contributed by atoms with Gasteiger partial charge in [0.2, 0.25) is 0 Å². The maximum atomic E-state index is 12.0. The zero-order chi connectivity index (χ0) is 13.0. The van der Waals surface area contributed by atoms with Crippen LogP contribution < -0.4 is 4.74 Å². The molecule has 0 aliphatic heterocycles. The van der Waals surface area contributed by atoms with E-state index in [1.165, 1.54) is 13.2 Å². The first-order valence-electron chi connectivity index (χ1n) is 5.50.